The second-order valence-corrected chi connectivity index (χ2v) is 7.21. The molecular formula is C15H19N3O3S. The lowest BCUT2D eigenvalue weighted by Gasteiger charge is -2.17. The second-order valence-electron chi connectivity index (χ2n) is 6.12. The van der Waals surface area contributed by atoms with Crippen LogP contribution in [0.4, 0.5) is 0 Å². The first-order valence-corrected chi connectivity index (χ1v) is 8.35. The molecule has 0 saturated carbocycles. The number of fused-ring (bicyclic) bond motifs is 3. The number of ether oxygens (including phenoxy) is 1. The highest BCUT2D eigenvalue weighted by Gasteiger charge is 2.24. The fraction of sp³-hybridized carbons (Fsp3) is 0.600. The van der Waals surface area contributed by atoms with Crippen molar-refractivity contribution in [3.8, 4) is 0 Å². The van der Waals surface area contributed by atoms with Crippen LogP contribution in [0.5, 0.6) is 0 Å². The van der Waals surface area contributed by atoms with E-state index in [1.165, 1.54) is 4.88 Å². The van der Waals surface area contributed by atoms with Gasteiger partial charge in [0.1, 0.15) is 6.54 Å². The van der Waals surface area contributed by atoms with Gasteiger partial charge in [-0.3, -0.25) is 9.59 Å². The molecule has 6 nitrogen and oxygen atoms in total. The van der Waals surface area contributed by atoms with Crippen LogP contribution in [0.25, 0.3) is 10.2 Å². The molecule has 2 aromatic rings. The number of rotatable bonds is 3. The first kappa shape index (κ1) is 15.1. The zero-order chi connectivity index (χ0) is 15.9. The molecule has 0 spiro atoms. The summed E-state index contributed by atoms with van der Waals surface area (Å²) in [5, 5.41) is 8.65. The molecule has 0 fully saturated rings. The van der Waals surface area contributed by atoms with Gasteiger partial charge in [0.05, 0.1) is 11.5 Å². The summed E-state index contributed by atoms with van der Waals surface area (Å²) in [6.07, 6.45) is 2.75. The van der Waals surface area contributed by atoms with Gasteiger partial charge in [0.2, 0.25) is 0 Å². The molecule has 0 saturated heterocycles. The predicted octanol–water partition coefficient (Wildman–Crippen LogP) is 1.93. The molecule has 0 unspecified atom stereocenters. The van der Waals surface area contributed by atoms with Gasteiger partial charge in [-0.25, -0.2) is 0 Å². The van der Waals surface area contributed by atoms with E-state index in [0.717, 1.165) is 29.5 Å². The van der Waals surface area contributed by atoms with Crippen molar-refractivity contribution in [1.29, 1.82) is 0 Å². The quantitative estimate of drug-likeness (QED) is 0.808. The van der Waals surface area contributed by atoms with Crippen LogP contribution < -0.4 is 5.56 Å². The Morgan fingerprint density at radius 1 is 1.50 bits per heavy atom. The van der Waals surface area contributed by atoms with Crippen molar-refractivity contribution >= 4 is 27.5 Å². The minimum absolute atomic E-state index is 0.193. The van der Waals surface area contributed by atoms with Crippen molar-refractivity contribution in [3.05, 3.63) is 20.8 Å². The van der Waals surface area contributed by atoms with Gasteiger partial charge in [0, 0.05) is 4.88 Å². The van der Waals surface area contributed by atoms with Crippen LogP contribution in [0, 0.1) is 5.92 Å². The zero-order valence-corrected chi connectivity index (χ0v) is 13.8. The third kappa shape index (κ3) is 2.77. The van der Waals surface area contributed by atoms with Gasteiger partial charge < -0.3 is 4.74 Å². The SMILES string of the molecule is CC(C)OC(=O)Cn1nnc2sc3c(c2c1=O)CC[C@@H](C)C3. The highest BCUT2D eigenvalue weighted by molar-refractivity contribution is 7.18. The van der Waals surface area contributed by atoms with Gasteiger partial charge in [-0.1, -0.05) is 12.1 Å². The van der Waals surface area contributed by atoms with Gasteiger partial charge in [-0.2, -0.15) is 4.68 Å². The lowest BCUT2D eigenvalue weighted by atomic mass is 9.89. The molecule has 1 atom stereocenters. The largest absolute Gasteiger partial charge is 0.462 e. The number of hydrogen-bond acceptors (Lipinski definition) is 6. The Morgan fingerprint density at radius 3 is 3.00 bits per heavy atom. The van der Waals surface area contributed by atoms with E-state index in [-0.39, 0.29) is 18.2 Å². The molecule has 2 aromatic heterocycles. The van der Waals surface area contributed by atoms with Crippen molar-refractivity contribution in [2.75, 3.05) is 0 Å². The van der Waals surface area contributed by atoms with Gasteiger partial charge in [-0.15, -0.1) is 16.4 Å². The number of hydrogen-bond donors (Lipinski definition) is 0. The van der Waals surface area contributed by atoms with Crippen LogP contribution in [0.3, 0.4) is 0 Å². The van der Waals surface area contributed by atoms with Crippen LogP contribution in [0.2, 0.25) is 0 Å². The zero-order valence-electron chi connectivity index (χ0n) is 13.0. The monoisotopic (exact) mass is 321 g/mol. The Bertz CT molecular complexity index is 778. The summed E-state index contributed by atoms with van der Waals surface area (Å²) in [5.41, 5.74) is 0.863. The lowest BCUT2D eigenvalue weighted by molar-refractivity contribution is -0.148. The maximum absolute atomic E-state index is 12.6. The van der Waals surface area contributed by atoms with E-state index in [4.69, 9.17) is 4.74 Å². The molecule has 1 aliphatic rings. The molecular weight excluding hydrogens is 302 g/mol. The molecule has 0 aromatic carbocycles. The summed E-state index contributed by atoms with van der Waals surface area (Å²) in [6.45, 7) is 5.57. The predicted molar refractivity (Wildman–Crippen MR) is 84.1 cm³/mol. The third-order valence-corrected chi connectivity index (χ3v) is 4.97. The van der Waals surface area contributed by atoms with Crippen LogP contribution in [0.1, 0.15) is 37.6 Å². The van der Waals surface area contributed by atoms with Crippen LogP contribution >= 0.6 is 11.3 Å². The molecule has 3 rings (SSSR count). The van der Waals surface area contributed by atoms with E-state index in [1.807, 2.05) is 0 Å². The summed E-state index contributed by atoms with van der Waals surface area (Å²) in [4.78, 5) is 26.3. The molecule has 0 aliphatic heterocycles. The number of thiophene rings is 1. The van der Waals surface area contributed by atoms with Gasteiger partial charge in [0.15, 0.2) is 4.83 Å². The number of aromatic nitrogens is 3. The van der Waals surface area contributed by atoms with Crippen LogP contribution in [0.15, 0.2) is 4.79 Å². The van der Waals surface area contributed by atoms with E-state index in [1.54, 1.807) is 25.2 Å². The highest BCUT2D eigenvalue weighted by atomic mass is 32.1. The summed E-state index contributed by atoms with van der Waals surface area (Å²) in [6, 6.07) is 0. The Morgan fingerprint density at radius 2 is 2.27 bits per heavy atom. The Balaban J connectivity index is 1.99. The minimum atomic E-state index is -0.469. The summed E-state index contributed by atoms with van der Waals surface area (Å²) >= 11 is 1.55. The maximum Gasteiger partial charge on any atom is 0.328 e. The Kier molecular flexibility index (Phi) is 3.99. The molecule has 1 aliphatic carbocycles. The van der Waals surface area contributed by atoms with Crippen molar-refractivity contribution in [3.63, 3.8) is 0 Å². The molecule has 0 bridgehead atoms. The van der Waals surface area contributed by atoms with Crippen LogP contribution in [-0.2, 0) is 28.9 Å². The molecule has 22 heavy (non-hydrogen) atoms. The first-order valence-electron chi connectivity index (χ1n) is 7.53. The van der Waals surface area contributed by atoms with Crippen molar-refractivity contribution in [1.82, 2.24) is 15.0 Å². The fourth-order valence-electron chi connectivity index (χ4n) is 2.82. The number of carbonyl (C=O) groups is 1. The Labute approximate surface area is 132 Å². The van der Waals surface area contributed by atoms with E-state index in [2.05, 4.69) is 17.2 Å². The topological polar surface area (TPSA) is 74.1 Å². The van der Waals surface area contributed by atoms with E-state index >= 15 is 0 Å². The number of nitrogens with zero attached hydrogens (tertiary/aromatic N) is 3. The number of esters is 1. The maximum atomic E-state index is 12.6. The third-order valence-electron chi connectivity index (χ3n) is 3.83. The summed E-state index contributed by atoms with van der Waals surface area (Å²) < 4.78 is 6.17. The fourth-order valence-corrected chi connectivity index (χ4v) is 4.14. The lowest BCUT2D eigenvalue weighted by Crippen LogP contribution is -2.29. The molecule has 118 valence electrons. The number of carbonyl (C=O) groups excluding carboxylic acids is 1. The van der Waals surface area contributed by atoms with E-state index in [9.17, 15) is 9.59 Å². The summed E-state index contributed by atoms with van der Waals surface area (Å²) in [7, 11) is 0. The minimum Gasteiger partial charge on any atom is -0.462 e. The average molecular weight is 321 g/mol. The second kappa shape index (κ2) is 5.79. The highest BCUT2D eigenvalue weighted by Crippen LogP contribution is 2.35. The first-order chi connectivity index (χ1) is 10.5. The van der Waals surface area contributed by atoms with Crippen LogP contribution in [-0.4, -0.2) is 27.1 Å². The molecule has 2 heterocycles. The van der Waals surface area contributed by atoms with Crippen molar-refractivity contribution < 1.29 is 9.53 Å². The molecule has 0 N–H and O–H groups in total. The Hall–Kier alpha value is -1.76. The normalized spacial score (nSPS) is 17.7. The molecule has 0 amide bonds. The summed E-state index contributed by atoms with van der Waals surface area (Å²) in [5.74, 6) is 0.167. The van der Waals surface area contributed by atoms with Gasteiger partial charge in [0.25, 0.3) is 5.56 Å². The molecule has 0 radical (unpaired) electrons. The molecule has 7 heteroatoms. The van der Waals surface area contributed by atoms with E-state index < -0.39 is 5.97 Å². The standard InChI is InChI=1S/C15H19N3O3S/c1-8(2)21-12(19)7-18-15(20)13-10-5-4-9(3)6-11(10)22-14(13)16-17-18/h8-9H,4-7H2,1-3H3/t9-/m1/s1. The number of aryl methyl sites for hydroxylation is 1. The van der Waals surface area contributed by atoms with Crippen molar-refractivity contribution in [2.24, 2.45) is 5.92 Å². The average Bonchev–Trinajstić information content (AvgIpc) is 2.79. The van der Waals surface area contributed by atoms with Gasteiger partial charge >= 0.3 is 5.97 Å². The van der Waals surface area contributed by atoms with E-state index in [0.29, 0.717) is 16.1 Å². The van der Waals surface area contributed by atoms with Gasteiger partial charge in [-0.05, 0) is 44.6 Å². The smallest absolute Gasteiger partial charge is 0.328 e. The van der Waals surface area contributed by atoms with Crippen molar-refractivity contribution in [2.45, 2.75) is 52.7 Å².